The number of carbonyl (C=O) groups is 2. The zero-order valence-corrected chi connectivity index (χ0v) is 12.0. The Labute approximate surface area is 119 Å². The lowest BCUT2D eigenvalue weighted by atomic mass is 9.90. The average molecular weight is 275 g/mol. The van der Waals surface area contributed by atoms with Crippen LogP contribution in [0.25, 0.3) is 0 Å². The number of benzene rings is 1. The maximum Gasteiger partial charge on any atom is 0.308 e. The molecule has 1 saturated heterocycles. The minimum absolute atomic E-state index is 0.0644. The third kappa shape index (κ3) is 3.18. The Bertz CT molecular complexity index is 495. The molecule has 20 heavy (non-hydrogen) atoms. The van der Waals surface area contributed by atoms with Crippen molar-refractivity contribution in [1.82, 2.24) is 4.90 Å². The van der Waals surface area contributed by atoms with Crippen LogP contribution in [-0.4, -0.2) is 35.0 Å². The third-order valence-electron chi connectivity index (χ3n) is 3.91. The summed E-state index contributed by atoms with van der Waals surface area (Å²) < 4.78 is 0. The number of hydrogen-bond acceptors (Lipinski definition) is 2. The van der Waals surface area contributed by atoms with E-state index >= 15 is 0 Å². The first-order valence-corrected chi connectivity index (χ1v) is 7.12. The van der Waals surface area contributed by atoms with Gasteiger partial charge in [0.15, 0.2) is 0 Å². The van der Waals surface area contributed by atoms with Gasteiger partial charge in [0.1, 0.15) is 0 Å². The van der Waals surface area contributed by atoms with Crippen molar-refractivity contribution in [1.29, 1.82) is 0 Å². The van der Waals surface area contributed by atoms with Gasteiger partial charge in [-0.25, -0.2) is 0 Å². The first-order valence-electron chi connectivity index (χ1n) is 7.12. The van der Waals surface area contributed by atoms with Crippen LogP contribution < -0.4 is 0 Å². The van der Waals surface area contributed by atoms with Crippen molar-refractivity contribution in [3.63, 3.8) is 0 Å². The summed E-state index contributed by atoms with van der Waals surface area (Å²) in [6, 6.07) is 7.57. The summed E-state index contributed by atoms with van der Waals surface area (Å²) in [4.78, 5) is 25.3. The minimum Gasteiger partial charge on any atom is -0.481 e. The lowest BCUT2D eigenvalue weighted by Gasteiger charge is -2.34. The number of aliphatic carboxylic acids is 1. The molecular weight excluding hydrogens is 254 g/mol. The SMILES string of the molecule is CCc1ccc(C(=O)N2CC(C)CC(C(=O)O)C2)cc1. The quantitative estimate of drug-likeness (QED) is 0.921. The molecule has 1 aliphatic heterocycles. The summed E-state index contributed by atoms with van der Waals surface area (Å²) in [7, 11) is 0. The molecule has 1 amide bonds. The highest BCUT2D eigenvalue weighted by Crippen LogP contribution is 2.23. The van der Waals surface area contributed by atoms with E-state index in [1.165, 1.54) is 5.56 Å². The molecule has 0 aliphatic carbocycles. The van der Waals surface area contributed by atoms with Crippen LogP contribution >= 0.6 is 0 Å². The lowest BCUT2D eigenvalue weighted by molar-refractivity contribution is -0.143. The summed E-state index contributed by atoms with van der Waals surface area (Å²) in [5, 5.41) is 9.16. The topological polar surface area (TPSA) is 57.6 Å². The Morgan fingerprint density at radius 1 is 1.25 bits per heavy atom. The fourth-order valence-corrected chi connectivity index (χ4v) is 2.76. The van der Waals surface area contributed by atoms with Gasteiger partial charge in [0, 0.05) is 18.7 Å². The highest BCUT2D eigenvalue weighted by Gasteiger charge is 2.32. The van der Waals surface area contributed by atoms with Gasteiger partial charge >= 0.3 is 5.97 Å². The molecule has 1 aromatic carbocycles. The van der Waals surface area contributed by atoms with E-state index in [1.807, 2.05) is 31.2 Å². The largest absolute Gasteiger partial charge is 0.481 e. The molecule has 1 heterocycles. The minimum atomic E-state index is -0.810. The second-order valence-electron chi connectivity index (χ2n) is 5.64. The zero-order chi connectivity index (χ0) is 14.7. The number of amides is 1. The van der Waals surface area contributed by atoms with Crippen LogP contribution in [0, 0.1) is 11.8 Å². The first-order chi connectivity index (χ1) is 9.51. The Balaban J connectivity index is 2.12. The van der Waals surface area contributed by atoms with Crippen LogP contribution in [0.1, 0.15) is 36.2 Å². The zero-order valence-electron chi connectivity index (χ0n) is 12.0. The van der Waals surface area contributed by atoms with Crippen LogP contribution in [0.2, 0.25) is 0 Å². The monoisotopic (exact) mass is 275 g/mol. The van der Waals surface area contributed by atoms with Crippen molar-refractivity contribution < 1.29 is 14.7 Å². The van der Waals surface area contributed by atoms with Gasteiger partial charge in [-0.05, 0) is 36.5 Å². The van der Waals surface area contributed by atoms with Gasteiger partial charge in [0.25, 0.3) is 5.91 Å². The average Bonchev–Trinajstić information content (AvgIpc) is 2.46. The number of carboxylic acids is 1. The maximum atomic E-state index is 12.4. The van der Waals surface area contributed by atoms with Gasteiger partial charge in [-0.3, -0.25) is 9.59 Å². The fraction of sp³-hybridized carbons (Fsp3) is 0.500. The molecule has 1 aromatic rings. The fourth-order valence-electron chi connectivity index (χ4n) is 2.76. The number of nitrogens with zero attached hydrogens (tertiary/aromatic N) is 1. The van der Waals surface area contributed by atoms with Crippen molar-refractivity contribution in [2.24, 2.45) is 11.8 Å². The van der Waals surface area contributed by atoms with Crippen molar-refractivity contribution in [2.45, 2.75) is 26.7 Å². The highest BCUT2D eigenvalue weighted by molar-refractivity contribution is 5.94. The molecule has 108 valence electrons. The molecule has 4 heteroatoms. The number of hydrogen-bond donors (Lipinski definition) is 1. The van der Waals surface area contributed by atoms with Gasteiger partial charge in [0.2, 0.25) is 0 Å². The van der Waals surface area contributed by atoms with Crippen LogP contribution in [0.4, 0.5) is 0 Å². The first kappa shape index (κ1) is 14.6. The molecule has 0 bridgehead atoms. The van der Waals surface area contributed by atoms with Crippen molar-refractivity contribution in [3.05, 3.63) is 35.4 Å². The maximum absolute atomic E-state index is 12.4. The molecule has 0 radical (unpaired) electrons. The standard InChI is InChI=1S/C16H21NO3/c1-3-12-4-6-13(7-5-12)15(18)17-9-11(2)8-14(10-17)16(19)20/h4-7,11,14H,3,8-10H2,1-2H3,(H,19,20). The van der Waals surface area contributed by atoms with Crippen LogP contribution in [-0.2, 0) is 11.2 Å². The summed E-state index contributed by atoms with van der Waals surface area (Å²) in [6.45, 7) is 5.02. The summed E-state index contributed by atoms with van der Waals surface area (Å²) in [5.41, 5.74) is 1.83. The van der Waals surface area contributed by atoms with E-state index in [2.05, 4.69) is 6.92 Å². The lowest BCUT2D eigenvalue weighted by Crippen LogP contribution is -2.45. The molecule has 1 fully saturated rings. The molecule has 2 rings (SSSR count). The molecule has 1 aliphatic rings. The van der Waals surface area contributed by atoms with Crippen molar-refractivity contribution >= 4 is 11.9 Å². The van der Waals surface area contributed by atoms with Crippen LogP contribution in [0.15, 0.2) is 24.3 Å². The van der Waals surface area contributed by atoms with E-state index in [4.69, 9.17) is 5.11 Å². The molecule has 0 aromatic heterocycles. The molecule has 4 nitrogen and oxygen atoms in total. The molecule has 0 saturated carbocycles. The number of aryl methyl sites for hydroxylation is 1. The normalized spacial score (nSPS) is 22.6. The third-order valence-corrected chi connectivity index (χ3v) is 3.91. The Morgan fingerprint density at radius 2 is 1.90 bits per heavy atom. The summed E-state index contributed by atoms with van der Waals surface area (Å²) in [5.74, 6) is -1.09. The van der Waals surface area contributed by atoms with Crippen molar-refractivity contribution in [2.75, 3.05) is 13.1 Å². The van der Waals surface area contributed by atoms with Gasteiger partial charge in [-0.15, -0.1) is 0 Å². The Morgan fingerprint density at radius 3 is 2.45 bits per heavy atom. The number of likely N-dealkylation sites (tertiary alicyclic amines) is 1. The van der Waals surface area contributed by atoms with Gasteiger partial charge in [-0.1, -0.05) is 26.0 Å². The number of carbonyl (C=O) groups excluding carboxylic acids is 1. The molecular formula is C16H21NO3. The van der Waals surface area contributed by atoms with E-state index in [-0.39, 0.29) is 11.8 Å². The Hall–Kier alpha value is -1.84. The smallest absolute Gasteiger partial charge is 0.308 e. The summed E-state index contributed by atoms with van der Waals surface area (Å²) in [6.07, 6.45) is 1.59. The molecule has 0 spiro atoms. The second-order valence-corrected chi connectivity index (χ2v) is 5.64. The number of rotatable bonds is 3. The van der Waals surface area contributed by atoms with Gasteiger partial charge in [0.05, 0.1) is 5.92 Å². The predicted octanol–water partition coefficient (Wildman–Crippen LogP) is 2.43. The van der Waals surface area contributed by atoms with Crippen LogP contribution in [0.5, 0.6) is 0 Å². The number of piperidine rings is 1. The van der Waals surface area contributed by atoms with Crippen LogP contribution in [0.3, 0.4) is 0 Å². The van der Waals surface area contributed by atoms with Gasteiger partial charge < -0.3 is 10.0 Å². The van der Waals surface area contributed by atoms with E-state index in [1.54, 1.807) is 4.90 Å². The Kier molecular flexibility index (Phi) is 4.42. The van der Waals surface area contributed by atoms with E-state index in [0.29, 0.717) is 25.1 Å². The number of carboxylic acid groups (broad SMARTS) is 1. The predicted molar refractivity (Wildman–Crippen MR) is 76.6 cm³/mol. The van der Waals surface area contributed by atoms with E-state index in [0.717, 1.165) is 6.42 Å². The molecule has 1 N–H and O–H groups in total. The molecule has 2 atom stereocenters. The second kappa shape index (κ2) is 6.07. The summed E-state index contributed by atoms with van der Waals surface area (Å²) >= 11 is 0. The van der Waals surface area contributed by atoms with Crippen molar-refractivity contribution in [3.8, 4) is 0 Å². The van der Waals surface area contributed by atoms with E-state index in [9.17, 15) is 9.59 Å². The highest BCUT2D eigenvalue weighted by atomic mass is 16.4. The van der Waals surface area contributed by atoms with E-state index < -0.39 is 11.9 Å². The van der Waals surface area contributed by atoms with Gasteiger partial charge in [-0.2, -0.15) is 0 Å². The molecule has 2 unspecified atom stereocenters.